The van der Waals surface area contributed by atoms with E-state index >= 15 is 0 Å². The number of carbonyl (C=O) groups excluding carboxylic acids is 3. The first-order valence-electron chi connectivity index (χ1n) is 8.27. The maximum Gasteiger partial charge on any atom is 0.291 e. The van der Waals surface area contributed by atoms with Gasteiger partial charge in [0.05, 0.1) is 12.2 Å². The minimum absolute atomic E-state index is 0.0357. The van der Waals surface area contributed by atoms with E-state index in [1.54, 1.807) is 30.3 Å². The smallest absolute Gasteiger partial charge is 0.291 e. The van der Waals surface area contributed by atoms with Crippen molar-refractivity contribution in [2.45, 2.75) is 0 Å². The highest BCUT2D eigenvalue weighted by atomic mass is 16.4. The van der Waals surface area contributed by atoms with Crippen LogP contribution in [0.15, 0.2) is 83.1 Å². The van der Waals surface area contributed by atoms with E-state index in [0.29, 0.717) is 5.56 Å². The molecule has 0 aliphatic carbocycles. The largest absolute Gasteiger partial charge is 0.545 e. The highest BCUT2D eigenvalue weighted by Crippen LogP contribution is 2.13. The van der Waals surface area contributed by atoms with Gasteiger partial charge in [0, 0.05) is 5.69 Å². The second kappa shape index (κ2) is 8.50. The molecular weight excluding hydrogens is 360 g/mol. The first-order valence-corrected chi connectivity index (χ1v) is 8.27. The molecular formula is C21H15N2O5-. The maximum atomic E-state index is 12.7. The van der Waals surface area contributed by atoms with Crippen LogP contribution in [0.25, 0.3) is 6.08 Å². The average Bonchev–Trinajstić information content (AvgIpc) is 3.23. The molecule has 2 amide bonds. The van der Waals surface area contributed by atoms with Crippen LogP contribution in [0.4, 0.5) is 5.69 Å². The van der Waals surface area contributed by atoms with E-state index in [2.05, 4.69) is 10.6 Å². The molecule has 3 rings (SSSR count). The predicted octanol–water partition coefficient (Wildman–Crippen LogP) is 2.05. The molecule has 3 aromatic rings. The number of hydrogen-bond donors (Lipinski definition) is 2. The van der Waals surface area contributed by atoms with Gasteiger partial charge in [-0.1, -0.05) is 42.5 Å². The van der Waals surface area contributed by atoms with Crippen molar-refractivity contribution in [3.63, 3.8) is 0 Å². The van der Waals surface area contributed by atoms with E-state index in [1.165, 1.54) is 42.7 Å². The second-order valence-electron chi connectivity index (χ2n) is 5.72. The number of carboxylic acid groups (broad SMARTS) is 1. The fourth-order valence-corrected chi connectivity index (χ4v) is 2.39. The van der Waals surface area contributed by atoms with Crippen LogP contribution in [0.5, 0.6) is 0 Å². The highest BCUT2D eigenvalue weighted by Gasteiger charge is 2.16. The molecule has 0 saturated carbocycles. The molecule has 0 fully saturated rings. The molecule has 1 heterocycles. The molecule has 0 bridgehead atoms. The van der Waals surface area contributed by atoms with E-state index in [4.69, 9.17) is 4.42 Å². The minimum Gasteiger partial charge on any atom is -0.545 e. The summed E-state index contributed by atoms with van der Waals surface area (Å²) in [4.78, 5) is 36.0. The van der Waals surface area contributed by atoms with Crippen molar-refractivity contribution in [2.24, 2.45) is 0 Å². The molecule has 7 heteroatoms. The number of hydrogen-bond acceptors (Lipinski definition) is 5. The van der Waals surface area contributed by atoms with Crippen LogP contribution in [-0.2, 0) is 4.79 Å². The van der Waals surface area contributed by atoms with Gasteiger partial charge in [0.25, 0.3) is 11.8 Å². The van der Waals surface area contributed by atoms with Crippen LogP contribution in [-0.4, -0.2) is 17.8 Å². The fraction of sp³-hybridized carbons (Fsp3) is 0. The zero-order valence-electron chi connectivity index (χ0n) is 14.5. The summed E-state index contributed by atoms with van der Waals surface area (Å²) in [5.74, 6) is -2.53. The number of carboxylic acids is 1. The van der Waals surface area contributed by atoms with Crippen LogP contribution in [0, 0.1) is 0 Å². The molecule has 2 aromatic carbocycles. The Morgan fingerprint density at radius 1 is 0.929 bits per heavy atom. The van der Waals surface area contributed by atoms with E-state index in [9.17, 15) is 19.5 Å². The molecule has 0 spiro atoms. The van der Waals surface area contributed by atoms with Crippen LogP contribution in [0.3, 0.4) is 0 Å². The van der Waals surface area contributed by atoms with Crippen molar-refractivity contribution < 1.29 is 23.9 Å². The highest BCUT2D eigenvalue weighted by molar-refractivity contribution is 6.10. The second-order valence-corrected chi connectivity index (χ2v) is 5.72. The van der Waals surface area contributed by atoms with E-state index < -0.39 is 17.8 Å². The van der Waals surface area contributed by atoms with Gasteiger partial charge in [0.1, 0.15) is 5.70 Å². The number of aromatic carboxylic acids is 1. The number of rotatable bonds is 6. The van der Waals surface area contributed by atoms with Gasteiger partial charge in [0.2, 0.25) is 0 Å². The van der Waals surface area contributed by atoms with E-state index in [-0.39, 0.29) is 22.7 Å². The standard InChI is InChI=1S/C21H16N2O5/c24-19(22-16-9-4-8-15(13-16)21(26)27)17(12-14-6-2-1-3-7-14)23-20(25)18-10-5-11-28-18/h1-13H,(H,22,24)(H,23,25)(H,26,27)/p-1/b17-12+. The van der Waals surface area contributed by atoms with Crippen molar-refractivity contribution in [1.82, 2.24) is 5.32 Å². The van der Waals surface area contributed by atoms with Gasteiger partial charge in [-0.25, -0.2) is 0 Å². The summed E-state index contributed by atoms with van der Waals surface area (Å²) in [7, 11) is 0. The van der Waals surface area contributed by atoms with Gasteiger partial charge in [-0.15, -0.1) is 0 Å². The Hall–Kier alpha value is -4.13. The molecule has 2 N–H and O–H groups in total. The summed E-state index contributed by atoms with van der Waals surface area (Å²) in [5, 5.41) is 16.1. The first kappa shape index (κ1) is 18.7. The third-order valence-electron chi connectivity index (χ3n) is 3.70. The molecule has 0 atom stereocenters. The van der Waals surface area contributed by atoms with Gasteiger partial charge in [0.15, 0.2) is 5.76 Å². The predicted molar refractivity (Wildman–Crippen MR) is 100.0 cm³/mol. The van der Waals surface area contributed by atoms with Crippen molar-refractivity contribution in [3.05, 3.63) is 95.6 Å². The van der Waals surface area contributed by atoms with Gasteiger partial charge >= 0.3 is 0 Å². The van der Waals surface area contributed by atoms with Crippen LogP contribution in [0.2, 0.25) is 0 Å². The summed E-state index contributed by atoms with van der Waals surface area (Å²) >= 11 is 0. The summed E-state index contributed by atoms with van der Waals surface area (Å²) in [6, 6.07) is 17.6. The summed E-state index contributed by atoms with van der Waals surface area (Å²) in [5.41, 5.74) is 0.825. The molecule has 0 aliphatic heterocycles. The zero-order chi connectivity index (χ0) is 19.9. The summed E-state index contributed by atoms with van der Waals surface area (Å²) < 4.78 is 5.04. The summed E-state index contributed by atoms with van der Waals surface area (Å²) in [6.07, 6.45) is 2.85. The molecule has 0 aliphatic rings. The van der Waals surface area contributed by atoms with Gasteiger partial charge in [-0.3, -0.25) is 9.59 Å². The van der Waals surface area contributed by atoms with Crippen LogP contribution in [0.1, 0.15) is 26.5 Å². The lowest BCUT2D eigenvalue weighted by molar-refractivity contribution is -0.255. The quantitative estimate of drug-likeness (QED) is 0.641. The summed E-state index contributed by atoms with van der Waals surface area (Å²) in [6.45, 7) is 0. The van der Waals surface area contributed by atoms with Gasteiger partial charge in [-0.05, 0) is 41.5 Å². The molecule has 7 nitrogen and oxygen atoms in total. The number of furan rings is 1. The zero-order valence-corrected chi connectivity index (χ0v) is 14.5. The van der Waals surface area contributed by atoms with Crippen molar-refractivity contribution in [1.29, 1.82) is 0 Å². The Morgan fingerprint density at radius 3 is 2.39 bits per heavy atom. The monoisotopic (exact) mass is 375 g/mol. The van der Waals surface area contributed by atoms with Crippen molar-refractivity contribution in [2.75, 3.05) is 5.32 Å². The normalized spacial score (nSPS) is 10.9. The Bertz CT molecular complexity index is 1020. The lowest BCUT2D eigenvalue weighted by atomic mass is 10.1. The topological polar surface area (TPSA) is 111 Å². The number of amides is 2. The molecule has 28 heavy (non-hydrogen) atoms. The van der Waals surface area contributed by atoms with Crippen LogP contribution < -0.4 is 15.7 Å². The SMILES string of the molecule is O=C(Nc1cccc(C(=O)[O-])c1)/C(=C\c1ccccc1)NC(=O)c1ccco1. The van der Waals surface area contributed by atoms with Crippen LogP contribution >= 0.6 is 0 Å². The minimum atomic E-state index is -1.36. The molecule has 0 saturated heterocycles. The lowest BCUT2D eigenvalue weighted by Gasteiger charge is -2.11. The molecule has 0 unspecified atom stereocenters. The third kappa shape index (κ3) is 4.73. The number of carbonyl (C=O) groups is 3. The number of benzene rings is 2. The lowest BCUT2D eigenvalue weighted by Crippen LogP contribution is -2.30. The fourth-order valence-electron chi connectivity index (χ4n) is 2.39. The number of anilines is 1. The Balaban J connectivity index is 1.86. The Morgan fingerprint density at radius 2 is 1.71 bits per heavy atom. The Kier molecular flexibility index (Phi) is 5.66. The van der Waals surface area contributed by atoms with E-state index in [1.807, 2.05) is 6.07 Å². The first-order chi connectivity index (χ1) is 13.5. The molecule has 140 valence electrons. The maximum absolute atomic E-state index is 12.7. The molecule has 0 radical (unpaired) electrons. The van der Waals surface area contributed by atoms with Gasteiger partial charge in [-0.2, -0.15) is 0 Å². The average molecular weight is 375 g/mol. The molecule has 1 aromatic heterocycles. The van der Waals surface area contributed by atoms with Crippen molar-refractivity contribution in [3.8, 4) is 0 Å². The number of nitrogens with one attached hydrogen (secondary N) is 2. The van der Waals surface area contributed by atoms with E-state index in [0.717, 1.165) is 0 Å². The van der Waals surface area contributed by atoms with Crippen molar-refractivity contribution >= 4 is 29.5 Å². The third-order valence-corrected chi connectivity index (χ3v) is 3.70. The van der Waals surface area contributed by atoms with Gasteiger partial charge < -0.3 is 25.0 Å². The Labute approximate surface area is 160 Å².